The first kappa shape index (κ1) is 17.0. The number of esters is 1. The van der Waals surface area contributed by atoms with Gasteiger partial charge < -0.3 is 9.84 Å². The van der Waals surface area contributed by atoms with Crippen LogP contribution in [0.4, 0.5) is 13.2 Å². The molecule has 0 spiro atoms. The molecule has 1 aromatic rings. The minimum absolute atomic E-state index is 0.0276. The van der Waals surface area contributed by atoms with Crippen molar-refractivity contribution >= 4 is 11.9 Å². The van der Waals surface area contributed by atoms with Crippen molar-refractivity contribution in [2.24, 2.45) is 0 Å². The minimum Gasteiger partial charge on any atom is -0.480 e. The van der Waals surface area contributed by atoms with E-state index in [0.717, 1.165) is 0 Å². The molecule has 0 fully saturated rings. The summed E-state index contributed by atoms with van der Waals surface area (Å²) in [6, 6.07) is 7.10. The summed E-state index contributed by atoms with van der Waals surface area (Å²) in [6.07, 6.45) is -6.87. The van der Waals surface area contributed by atoms with Crippen molar-refractivity contribution in [3.63, 3.8) is 0 Å². The highest BCUT2D eigenvalue weighted by molar-refractivity contribution is 6.05. The third-order valence-electron chi connectivity index (χ3n) is 3.04. The number of aliphatic carboxylic acids is 1. The quantitative estimate of drug-likeness (QED) is 0.648. The molecular weight excluding hydrogens is 289 g/mol. The van der Waals surface area contributed by atoms with E-state index in [1.807, 2.05) is 0 Å². The molecule has 0 aromatic heterocycles. The molecule has 0 amide bonds. The third-order valence-corrected chi connectivity index (χ3v) is 3.04. The highest BCUT2D eigenvalue weighted by atomic mass is 19.4. The normalized spacial score (nSPS) is 14.3. The van der Waals surface area contributed by atoms with Gasteiger partial charge in [0.1, 0.15) is 0 Å². The molecule has 0 saturated carbocycles. The summed E-state index contributed by atoms with van der Waals surface area (Å²) in [5, 5.41) is 9.40. The molecule has 0 heterocycles. The molecule has 0 radical (unpaired) electrons. The number of halogens is 3. The van der Waals surface area contributed by atoms with Crippen LogP contribution >= 0.6 is 0 Å². The number of carbonyl (C=O) groups is 2. The fourth-order valence-corrected chi connectivity index (χ4v) is 1.99. The van der Waals surface area contributed by atoms with Gasteiger partial charge in [0, 0.05) is 6.42 Å². The molecule has 0 aliphatic carbocycles. The number of carboxylic acids is 1. The molecule has 4 nitrogen and oxygen atoms in total. The van der Waals surface area contributed by atoms with Crippen LogP contribution in [0.25, 0.3) is 0 Å². The Morgan fingerprint density at radius 2 is 1.71 bits per heavy atom. The van der Waals surface area contributed by atoms with E-state index in [1.54, 1.807) is 6.07 Å². The van der Waals surface area contributed by atoms with E-state index in [4.69, 9.17) is 4.74 Å². The number of hydrogen-bond donors (Lipinski definition) is 1. The number of alkyl halides is 3. The Balaban J connectivity index is 3.30. The van der Waals surface area contributed by atoms with Crippen LogP contribution < -0.4 is 0 Å². The van der Waals surface area contributed by atoms with Gasteiger partial charge in [0.15, 0.2) is 5.41 Å². The largest absolute Gasteiger partial charge is 0.480 e. The van der Waals surface area contributed by atoms with Crippen LogP contribution in [0.3, 0.4) is 0 Å². The summed E-state index contributed by atoms with van der Waals surface area (Å²) in [4.78, 5) is 23.6. The van der Waals surface area contributed by atoms with E-state index in [1.165, 1.54) is 31.2 Å². The van der Waals surface area contributed by atoms with E-state index in [0.29, 0.717) is 0 Å². The lowest BCUT2D eigenvalue weighted by molar-refractivity contribution is -0.166. The Bertz CT molecular complexity index is 499. The van der Waals surface area contributed by atoms with Gasteiger partial charge in [0.25, 0.3) is 0 Å². The number of rotatable bonds is 6. The lowest BCUT2D eigenvalue weighted by atomic mass is 9.76. The predicted octanol–water partition coefficient (Wildman–Crippen LogP) is 2.91. The van der Waals surface area contributed by atoms with Crippen molar-refractivity contribution in [1.29, 1.82) is 0 Å². The van der Waals surface area contributed by atoms with Crippen LogP contribution in [0.2, 0.25) is 0 Å². The van der Waals surface area contributed by atoms with Crippen LogP contribution in [-0.4, -0.2) is 29.8 Å². The Morgan fingerprint density at radius 3 is 2.14 bits per heavy atom. The zero-order valence-electron chi connectivity index (χ0n) is 11.3. The molecule has 0 saturated heterocycles. The molecule has 116 valence electrons. The lowest BCUT2D eigenvalue weighted by Gasteiger charge is -2.28. The highest BCUT2D eigenvalue weighted by Gasteiger charge is 2.51. The number of carboxylic acid groups (broad SMARTS) is 1. The van der Waals surface area contributed by atoms with E-state index in [9.17, 15) is 27.9 Å². The van der Waals surface area contributed by atoms with Crippen molar-refractivity contribution < 1.29 is 32.6 Å². The molecule has 0 bridgehead atoms. The van der Waals surface area contributed by atoms with Crippen LogP contribution in [0, 0.1) is 0 Å². The first-order chi connectivity index (χ1) is 9.74. The molecule has 0 aliphatic rings. The maximum atomic E-state index is 12.5. The summed E-state index contributed by atoms with van der Waals surface area (Å²) >= 11 is 0. The molecule has 1 N–H and O–H groups in total. The van der Waals surface area contributed by atoms with Gasteiger partial charge in [-0.2, -0.15) is 13.2 Å². The molecule has 0 aliphatic heterocycles. The zero-order valence-corrected chi connectivity index (χ0v) is 11.3. The van der Waals surface area contributed by atoms with Crippen LogP contribution in [0.15, 0.2) is 30.3 Å². The van der Waals surface area contributed by atoms with Crippen molar-refractivity contribution in [3.8, 4) is 0 Å². The second kappa shape index (κ2) is 6.60. The number of carbonyl (C=O) groups excluding carboxylic acids is 1. The standard InChI is InChI=1S/C14H15F3O4/c1-2-21-12(20)13(11(18)19,8-9-14(15,16)17)10-6-4-3-5-7-10/h3-7H,2,8-9H2,1H3,(H,18,19). The first-order valence-corrected chi connectivity index (χ1v) is 6.27. The Hall–Kier alpha value is -2.05. The van der Waals surface area contributed by atoms with Crippen molar-refractivity contribution in [3.05, 3.63) is 35.9 Å². The first-order valence-electron chi connectivity index (χ1n) is 6.27. The lowest BCUT2D eigenvalue weighted by Crippen LogP contribution is -2.45. The fourth-order valence-electron chi connectivity index (χ4n) is 1.99. The zero-order chi connectivity index (χ0) is 16.1. The average Bonchev–Trinajstić information content (AvgIpc) is 2.39. The molecule has 7 heteroatoms. The van der Waals surface area contributed by atoms with Gasteiger partial charge in [-0.05, 0) is 18.9 Å². The second-order valence-electron chi connectivity index (χ2n) is 4.41. The number of ether oxygens (including phenoxy) is 1. The molecule has 1 aromatic carbocycles. The van der Waals surface area contributed by atoms with Gasteiger partial charge in [-0.3, -0.25) is 9.59 Å². The molecule has 1 atom stereocenters. The summed E-state index contributed by atoms with van der Waals surface area (Å²) in [6.45, 7) is 1.34. The van der Waals surface area contributed by atoms with E-state index >= 15 is 0 Å². The molecule has 1 unspecified atom stereocenters. The van der Waals surface area contributed by atoms with Crippen molar-refractivity contribution in [2.75, 3.05) is 6.61 Å². The minimum atomic E-state index is -4.57. The van der Waals surface area contributed by atoms with Crippen molar-refractivity contribution in [2.45, 2.75) is 31.4 Å². The van der Waals surface area contributed by atoms with Crippen LogP contribution in [-0.2, 0) is 19.7 Å². The van der Waals surface area contributed by atoms with Gasteiger partial charge in [-0.25, -0.2) is 0 Å². The Morgan fingerprint density at radius 1 is 1.14 bits per heavy atom. The van der Waals surface area contributed by atoms with Crippen molar-refractivity contribution in [1.82, 2.24) is 0 Å². The summed E-state index contributed by atoms with van der Waals surface area (Å²) < 4.78 is 42.1. The highest BCUT2D eigenvalue weighted by Crippen LogP contribution is 2.35. The summed E-state index contributed by atoms with van der Waals surface area (Å²) in [5.74, 6) is -2.84. The van der Waals surface area contributed by atoms with Crippen LogP contribution in [0.1, 0.15) is 25.3 Å². The summed E-state index contributed by atoms with van der Waals surface area (Å²) in [5.41, 5.74) is -2.38. The molecule has 1 rings (SSSR count). The maximum absolute atomic E-state index is 12.5. The Kier molecular flexibility index (Phi) is 5.34. The van der Waals surface area contributed by atoms with Gasteiger partial charge in [-0.15, -0.1) is 0 Å². The number of benzene rings is 1. The number of hydrogen-bond acceptors (Lipinski definition) is 3. The summed E-state index contributed by atoms with van der Waals surface area (Å²) in [7, 11) is 0. The topological polar surface area (TPSA) is 63.6 Å². The van der Waals surface area contributed by atoms with Gasteiger partial charge in [0.05, 0.1) is 6.61 Å². The van der Waals surface area contributed by atoms with E-state index < -0.39 is 36.4 Å². The van der Waals surface area contributed by atoms with Gasteiger partial charge in [0.2, 0.25) is 0 Å². The van der Waals surface area contributed by atoms with Crippen LogP contribution in [0.5, 0.6) is 0 Å². The second-order valence-corrected chi connectivity index (χ2v) is 4.41. The molecule has 21 heavy (non-hydrogen) atoms. The van der Waals surface area contributed by atoms with Gasteiger partial charge >= 0.3 is 18.1 Å². The SMILES string of the molecule is CCOC(=O)C(CCC(F)(F)F)(C(=O)O)c1ccccc1. The molecular formula is C14H15F3O4. The Labute approximate surface area is 119 Å². The maximum Gasteiger partial charge on any atom is 0.389 e. The fraction of sp³-hybridized carbons (Fsp3) is 0.429. The average molecular weight is 304 g/mol. The smallest absolute Gasteiger partial charge is 0.389 e. The van der Waals surface area contributed by atoms with E-state index in [2.05, 4.69) is 0 Å². The van der Waals surface area contributed by atoms with Gasteiger partial charge in [-0.1, -0.05) is 30.3 Å². The monoisotopic (exact) mass is 304 g/mol. The predicted molar refractivity (Wildman–Crippen MR) is 67.7 cm³/mol. The van der Waals surface area contributed by atoms with E-state index in [-0.39, 0.29) is 12.2 Å². The third kappa shape index (κ3) is 3.96.